The van der Waals surface area contributed by atoms with Gasteiger partial charge >= 0.3 is 35.8 Å². The van der Waals surface area contributed by atoms with Crippen LogP contribution in [0.15, 0.2) is 25.7 Å². The number of hydrogen-bond acceptors (Lipinski definition) is 18. The monoisotopic (exact) mass is 807 g/mol. The number of H-pyrrole nitrogens is 2. The van der Waals surface area contributed by atoms with Gasteiger partial charge in [-0.05, 0) is 53.6 Å². The molecule has 0 saturated heterocycles. The lowest BCUT2D eigenvalue weighted by Crippen LogP contribution is -2.18. The molecule has 0 unspecified atom stereocenters. The number of aromatic amines is 2. The minimum Gasteiger partial charge on any atom is -0.481 e. The van der Waals surface area contributed by atoms with E-state index in [9.17, 15) is 38.4 Å². The van der Waals surface area contributed by atoms with Crippen molar-refractivity contribution in [3.8, 4) is 0 Å². The normalized spacial score (nSPS) is 10.4. The summed E-state index contributed by atoms with van der Waals surface area (Å²) in [6.45, 7) is 5.88. The third-order valence-corrected chi connectivity index (χ3v) is 9.32. The van der Waals surface area contributed by atoms with Gasteiger partial charge in [-0.1, -0.05) is 0 Å². The fraction of sp³-hybridized carbons (Fsp3) is 0.312. The van der Waals surface area contributed by atoms with Gasteiger partial charge in [-0.3, -0.25) is 24.0 Å². The van der Waals surface area contributed by atoms with Crippen LogP contribution in [0.4, 0.5) is 5.00 Å². The Balaban J connectivity index is 0.000000220. The number of esters is 4. The number of aromatic nitrogens is 4. The van der Waals surface area contributed by atoms with Crippen LogP contribution < -0.4 is 16.9 Å². The lowest BCUT2D eigenvalue weighted by atomic mass is 10.1. The average Bonchev–Trinajstić information content (AvgIpc) is 3.82. The third kappa shape index (κ3) is 11.0. The van der Waals surface area contributed by atoms with Crippen molar-refractivity contribution in [1.29, 1.82) is 0 Å². The van der Waals surface area contributed by atoms with Crippen molar-refractivity contribution in [1.82, 2.24) is 19.9 Å². The number of rotatable bonds is 12. The Kier molecular flexibility index (Phi) is 15.5. The molecule has 5 rings (SSSR count). The zero-order valence-corrected chi connectivity index (χ0v) is 31.4. The first-order valence-corrected chi connectivity index (χ1v) is 18.2. The smallest absolute Gasteiger partial charge is 0.374 e. The molecule has 0 aromatic carbocycles. The molecule has 0 saturated carbocycles. The lowest BCUT2D eigenvalue weighted by Gasteiger charge is -2.03. The first-order valence-electron chi connectivity index (χ1n) is 15.5. The number of carboxylic acids is 2. The SMILES string of the molecule is CCOC(=O)Cc1csc(N)c1C(=O)OC.CCOC(=O)Cc1csc2nc(C(=O)OCC)[nH]c(=O)c12.O=C(O)Cc1csc2nc(C(=O)O)[nH]c(=O)c12. The van der Waals surface area contributed by atoms with Crippen molar-refractivity contribution in [2.45, 2.75) is 40.0 Å². The van der Waals surface area contributed by atoms with Gasteiger partial charge in [-0.15, -0.1) is 34.0 Å². The summed E-state index contributed by atoms with van der Waals surface area (Å²) in [5.41, 5.74) is 6.22. The Labute approximate surface area is 315 Å². The molecule has 0 bridgehead atoms. The number of nitrogens with zero attached hydrogens (tertiary/aromatic N) is 2. The Hall–Kier alpha value is -6.00. The first kappa shape index (κ1) is 42.4. The molecule has 0 spiro atoms. The van der Waals surface area contributed by atoms with E-state index < -0.39 is 46.8 Å². The Bertz CT molecular complexity index is 2300. The zero-order valence-electron chi connectivity index (χ0n) is 29.0. The van der Waals surface area contributed by atoms with E-state index in [0.717, 1.165) is 11.3 Å². The summed E-state index contributed by atoms with van der Waals surface area (Å²) in [7, 11) is 1.27. The van der Waals surface area contributed by atoms with E-state index in [2.05, 4.69) is 24.7 Å². The number of thiophene rings is 3. The quantitative estimate of drug-likeness (QED) is 0.0894. The highest BCUT2D eigenvalue weighted by atomic mass is 32.1. The number of nitrogens with two attached hydrogens (primary N) is 1. The molecule has 0 aliphatic rings. The molecule has 5 aromatic heterocycles. The molecule has 0 atom stereocenters. The Morgan fingerprint density at radius 3 is 1.63 bits per heavy atom. The van der Waals surface area contributed by atoms with Gasteiger partial charge in [0.05, 0.1) is 62.5 Å². The second kappa shape index (κ2) is 19.7. The van der Waals surface area contributed by atoms with Crippen LogP contribution in [0, 0.1) is 0 Å². The summed E-state index contributed by atoms with van der Waals surface area (Å²) < 4.78 is 19.0. The topological polar surface area (TPSA) is 297 Å². The van der Waals surface area contributed by atoms with Crippen LogP contribution in [0.5, 0.6) is 0 Å². The maximum absolute atomic E-state index is 12.1. The third-order valence-electron chi connectivity index (χ3n) is 6.62. The van der Waals surface area contributed by atoms with Crippen LogP contribution in [0.3, 0.4) is 0 Å². The van der Waals surface area contributed by atoms with Crippen molar-refractivity contribution >= 4 is 95.3 Å². The van der Waals surface area contributed by atoms with E-state index in [1.54, 1.807) is 31.5 Å². The summed E-state index contributed by atoms with van der Waals surface area (Å²) in [6.07, 6.45) is -0.263. The van der Waals surface area contributed by atoms with E-state index >= 15 is 0 Å². The number of fused-ring (bicyclic) bond motifs is 2. The largest absolute Gasteiger partial charge is 0.481 e. The van der Waals surface area contributed by atoms with Crippen LogP contribution in [-0.2, 0) is 52.6 Å². The molecule has 5 heterocycles. The highest BCUT2D eigenvalue weighted by Gasteiger charge is 2.21. The fourth-order valence-corrected chi connectivity index (χ4v) is 7.13. The molecular formula is C32H33N5O14S3. The number of methoxy groups -OCH3 is 1. The van der Waals surface area contributed by atoms with Gasteiger partial charge in [0, 0.05) is 0 Å². The van der Waals surface area contributed by atoms with Gasteiger partial charge in [0.25, 0.3) is 11.1 Å². The summed E-state index contributed by atoms with van der Waals surface area (Å²) in [5, 5.41) is 23.0. The summed E-state index contributed by atoms with van der Waals surface area (Å²) in [5.74, 6) is -5.00. The Morgan fingerprint density at radius 1 is 0.685 bits per heavy atom. The number of carbonyl (C=O) groups excluding carboxylic acids is 4. The number of nitrogen functional groups attached to an aromatic ring is 1. The number of nitrogens with one attached hydrogen (secondary N) is 2. The molecule has 19 nitrogen and oxygen atoms in total. The molecule has 0 radical (unpaired) electrons. The summed E-state index contributed by atoms with van der Waals surface area (Å²) in [4.78, 5) is 104. The number of ether oxygens (including phenoxy) is 4. The summed E-state index contributed by atoms with van der Waals surface area (Å²) >= 11 is 3.44. The van der Waals surface area contributed by atoms with Crippen LogP contribution in [0.25, 0.3) is 20.4 Å². The molecule has 5 aromatic rings. The highest BCUT2D eigenvalue weighted by molar-refractivity contribution is 7.17. The van der Waals surface area contributed by atoms with Crippen molar-refractivity contribution in [2.24, 2.45) is 0 Å². The van der Waals surface area contributed by atoms with Gasteiger partial charge in [-0.25, -0.2) is 24.4 Å². The van der Waals surface area contributed by atoms with E-state index in [0.29, 0.717) is 38.5 Å². The number of aromatic carboxylic acids is 1. The van der Waals surface area contributed by atoms with Crippen LogP contribution in [-0.4, -0.2) is 92.9 Å². The minimum atomic E-state index is -1.34. The standard InChI is InChI=1S/C13H14N2O5S.C10H13NO4S.C9H6N2O5S/c1-3-19-8(16)5-7-6-21-12-9(7)11(17)14-10(15-12)13(18)20-4-2;1-3-15-7(12)4-6-5-16-9(11)8(6)10(13)14-2;12-4(13)1-3-2-17-8-5(3)7(14)10-6(11-8)9(15)16/h6H,3-5H2,1-2H3,(H,14,15,17);5H,3-4,11H2,1-2H3;2H,1H2,(H,12,13)(H,15,16)(H,10,11,14). The number of carbonyl (C=O) groups is 6. The van der Waals surface area contributed by atoms with Gasteiger partial charge in [-0.2, -0.15) is 0 Å². The summed E-state index contributed by atoms with van der Waals surface area (Å²) in [6, 6.07) is 0. The highest BCUT2D eigenvalue weighted by Crippen LogP contribution is 2.27. The van der Waals surface area contributed by atoms with Crippen LogP contribution in [0.2, 0.25) is 0 Å². The van der Waals surface area contributed by atoms with Gasteiger partial charge in [0.2, 0.25) is 11.6 Å². The number of anilines is 1. The van der Waals surface area contributed by atoms with Crippen molar-refractivity contribution < 1.29 is 57.9 Å². The number of aliphatic carboxylic acids is 1. The van der Waals surface area contributed by atoms with E-state index in [-0.39, 0.29) is 60.1 Å². The Morgan fingerprint density at radius 2 is 1.15 bits per heavy atom. The fourth-order valence-electron chi connectivity index (χ4n) is 4.44. The van der Waals surface area contributed by atoms with Crippen molar-refractivity contribution in [2.75, 3.05) is 32.7 Å². The number of carboxylic acid groups (broad SMARTS) is 2. The van der Waals surface area contributed by atoms with Gasteiger partial charge in [0.15, 0.2) is 0 Å². The van der Waals surface area contributed by atoms with E-state index in [1.165, 1.54) is 35.2 Å². The minimum absolute atomic E-state index is 0.00263. The molecular weight excluding hydrogens is 775 g/mol. The maximum Gasteiger partial charge on any atom is 0.374 e. The van der Waals surface area contributed by atoms with Gasteiger partial charge in [0.1, 0.15) is 14.7 Å². The van der Waals surface area contributed by atoms with E-state index in [4.69, 9.17) is 30.2 Å². The van der Waals surface area contributed by atoms with Crippen molar-refractivity contribution in [3.05, 3.63) is 70.8 Å². The molecule has 22 heteroatoms. The molecule has 0 aliphatic heterocycles. The van der Waals surface area contributed by atoms with E-state index in [1.807, 2.05) is 0 Å². The van der Waals surface area contributed by atoms with Gasteiger partial charge < -0.3 is 44.9 Å². The molecule has 0 fully saturated rings. The second-order valence-electron chi connectivity index (χ2n) is 10.3. The molecule has 288 valence electrons. The predicted molar refractivity (Wildman–Crippen MR) is 195 cm³/mol. The molecule has 6 N–H and O–H groups in total. The molecule has 0 aliphatic carbocycles. The second-order valence-corrected chi connectivity index (χ2v) is 12.9. The molecule has 0 amide bonds. The number of hydrogen-bond donors (Lipinski definition) is 5. The molecule has 54 heavy (non-hydrogen) atoms. The average molecular weight is 808 g/mol. The van der Waals surface area contributed by atoms with Crippen LogP contribution in [0.1, 0.15) is 69.1 Å². The predicted octanol–water partition coefficient (Wildman–Crippen LogP) is 2.80. The van der Waals surface area contributed by atoms with Crippen LogP contribution >= 0.6 is 34.0 Å². The zero-order chi connectivity index (χ0) is 40.1. The van der Waals surface area contributed by atoms with Crippen molar-refractivity contribution in [3.63, 3.8) is 0 Å². The maximum atomic E-state index is 12.1. The lowest BCUT2D eigenvalue weighted by molar-refractivity contribution is -0.143. The first-order chi connectivity index (χ1) is 25.6.